The minimum atomic E-state index is -0.709. The minimum Gasteiger partial charge on any atom is -0.481 e. The summed E-state index contributed by atoms with van der Waals surface area (Å²) in [6, 6.07) is 0. The van der Waals surface area contributed by atoms with E-state index in [0.29, 0.717) is 32.4 Å². The highest BCUT2D eigenvalue weighted by molar-refractivity contribution is 5.84. The Labute approximate surface area is 121 Å². The molecule has 114 valence electrons. The van der Waals surface area contributed by atoms with Gasteiger partial charge >= 0.3 is 5.97 Å². The average molecular weight is 281 g/mol. The molecule has 1 saturated heterocycles. The molecule has 2 fully saturated rings. The van der Waals surface area contributed by atoms with E-state index in [2.05, 4.69) is 27.7 Å². The third kappa shape index (κ3) is 1.95. The molecule has 1 saturated carbocycles. The molecular formula is C16H27NO3. The lowest BCUT2D eigenvalue weighted by Crippen LogP contribution is -2.47. The minimum absolute atomic E-state index is 0.0518. The van der Waals surface area contributed by atoms with E-state index in [9.17, 15) is 14.7 Å². The van der Waals surface area contributed by atoms with E-state index >= 15 is 0 Å². The molecule has 0 aromatic carbocycles. The summed E-state index contributed by atoms with van der Waals surface area (Å²) < 4.78 is 0. The maximum Gasteiger partial charge on any atom is 0.309 e. The van der Waals surface area contributed by atoms with Crippen molar-refractivity contribution in [1.29, 1.82) is 0 Å². The van der Waals surface area contributed by atoms with E-state index < -0.39 is 11.4 Å². The van der Waals surface area contributed by atoms with Crippen molar-refractivity contribution >= 4 is 11.9 Å². The topological polar surface area (TPSA) is 57.6 Å². The van der Waals surface area contributed by atoms with Crippen LogP contribution in [0.25, 0.3) is 0 Å². The van der Waals surface area contributed by atoms with Crippen LogP contribution in [0.15, 0.2) is 0 Å². The van der Waals surface area contributed by atoms with Crippen LogP contribution in [0.1, 0.15) is 53.9 Å². The third-order valence-electron chi connectivity index (χ3n) is 6.43. The number of hydrogen-bond donors (Lipinski definition) is 1. The van der Waals surface area contributed by atoms with Gasteiger partial charge in [0.1, 0.15) is 0 Å². The lowest BCUT2D eigenvalue weighted by Gasteiger charge is -2.38. The van der Waals surface area contributed by atoms with Gasteiger partial charge in [-0.3, -0.25) is 9.59 Å². The Morgan fingerprint density at radius 3 is 1.85 bits per heavy atom. The maximum absolute atomic E-state index is 12.6. The van der Waals surface area contributed by atoms with E-state index in [1.165, 1.54) is 0 Å². The van der Waals surface area contributed by atoms with Crippen molar-refractivity contribution in [3.63, 3.8) is 0 Å². The fourth-order valence-corrected chi connectivity index (χ4v) is 3.87. The van der Waals surface area contributed by atoms with Crippen LogP contribution in [0.2, 0.25) is 0 Å². The third-order valence-corrected chi connectivity index (χ3v) is 6.43. The van der Waals surface area contributed by atoms with Crippen LogP contribution in [0.3, 0.4) is 0 Å². The van der Waals surface area contributed by atoms with E-state index in [0.717, 1.165) is 0 Å². The first-order valence-corrected chi connectivity index (χ1v) is 7.62. The predicted octanol–water partition coefficient (Wildman–Crippen LogP) is 2.77. The molecule has 0 bridgehead atoms. The lowest BCUT2D eigenvalue weighted by atomic mass is 9.76. The zero-order chi connectivity index (χ0) is 15.3. The number of carboxylic acids is 1. The highest BCUT2D eigenvalue weighted by Gasteiger charge is 2.69. The fourth-order valence-electron chi connectivity index (χ4n) is 3.87. The molecule has 2 aliphatic rings. The summed E-state index contributed by atoms with van der Waals surface area (Å²) in [5.74, 6) is -0.414. The van der Waals surface area contributed by atoms with Gasteiger partial charge in [-0.15, -0.1) is 0 Å². The van der Waals surface area contributed by atoms with Gasteiger partial charge in [0.15, 0.2) is 0 Å². The Bertz CT molecular complexity index is 417. The van der Waals surface area contributed by atoms with Crippen molar-refractivity contribution < 1.29 is 14.7 Å². The van der Waals surface area contributed by atoms with Crippen molar-refractivity contribution in [2.24, 2.45) is 22.2 Å². The van der Waals surface area contributed by atoms with Crippen LogP contribution in [0, 0.1) is 22.2 Å². The molecule has 20 heavy (non-hydrogen) atoms. The molecule has 4 heteroatoms. The molecule has 1 aliphatic heterocycles. The van der Waals surface area contributed by atoms with Crippen LogP contribution in [0.5, 0.6) is 0 Å². The number of nitrogens with zero attached hydrogens (tertiary/aromatic N) is 1. The Kier molecular flexibility index (Phi) is 3.43. The van der Waals surface area contributed by atoms with Gasteiger partial charge in [-0.1, -0.05) is 34.6 Å². The van der Waals surface area contributed by atoms with Crippen molar-refractivity contribution in [3.8, 4) is 0 Å². The number of amides is 1. The molecule has 2 rings (SSSR count). The van der Waals surface area contributed by atoms with Gasteiger partial charge < -0.3 is 10.0 Å². The average Bonchev–Trinajstić information content (AvgIpc) is 2.79. The molecular weight excluding hydrogens is 254 g/mol. The zero-order valence-corrected chi connectivity index (χ0v) is 13.3. The SMILES string of the molecule is CCC1(C(=O)O)CCN(C(=O)C2C(C)(C)C2(C)C)CC1. The Hall–Kier alpha value is -1.06. The summed E-state index contributed by atoms with van der Waals surface area (Å²) in [7, 11) is 0. The highest BCUT2D eigenvalue weighted by Crippen LogP contribution is 2.68. The summed E-state index contributed by atoms with van der Waals surface area (Å²) in [6.07, 6.45) is 1.81. The quantitative estimate of drug-likeness (QED) is 0.865. The van der Waals surface area contributed by atoms with Crippen LogP contribution < -0.4 is 0 Å². The largest absolute Gasteiger partial charge is 0.481 e. The molecule has 0 spiro atoms. The van der Waals surface area contributed by atoms with Gasteiger partial charge in [0.25, 0.3) is 0 Å². The molecule has 4 nitrogen and oxygen atoms in total. The van der Waals surface area contributed by atoms with Gasteiger partial charge in [-0.05, 0) is 30.1 Å². The Morgan fingerprint density at radius 1 is 1.10 bits per heavy atom. The number of aliphatic carboxylic acids is 1. The Balaban J connectivity index is 2.02. The first-order valence-electron chi connectivity index (χ1n) is 7.62. The first kappa shape index (κ1) is 15.3. The van der Waals surface area contributed by atoms with E-state index in [1.54, 1.807) is 0 Å². The summed E-state index contributed by atoms with van der Waals surface area (Å²) in [6.45, 7) is 11.7. The molecule has 0 atom stereocenters. The highest BCUT2D eigenvalue weighted by atomic mass is 16.4. The van der Waals surface area contributed by atoms with Gasteiger partial charge in [-0.2, -0.15) is 0 Å². The molecule has 1 amide bonds. The fraction of sp³-hybridized carbons (Fsp3) is 0.875. The standard InChI is InChI=1S/C16H27NO3/c1-6-16(13(19)20)7-9-17(10-8-16)12(18)11-14(2,3)15(11,4)5/h11H,6-10H2,1-5H3,(H,19,20). The van der Waals surface area contributed by atoms with Gasteiger partial charge in [0, 0.05) is 19.0 Å². The van der Waals surface area contributed by atoms with E-state index in [1.807, 2.05) is 11.8 Å². The summed E-state index contributed by atoms with van der Waals surface area (Å²) in [5, 5.41) is 9.40. The molecule has 0 aromatic heterocycles. The Morgan fingerprint density at radius 2 is 1.55 bits per heavy atom. The molecule has 1 heterocycles. The number of carbonyl (C=O) groups is 2. The summed E-state index contributed by atoms with van der Waals surface area (Å²) in [4.78, 5) is 26.0. The summed E-state index contributed by atoms with van der Waals surface area (Å²) >= 11 is 0. The molecule has 1 N–H and O–H groups in total. The van der Waals surface area contributed by atoms with Crippen molar-refractivity contribution in [2.75, 3.05) is 13.1 Å². The monoisotopic (exact) mass is 281 g/mol. The van der Waals surface area contributed by atoms with Gasteiger partial charge in [-0.25, -0.2) is 0 Å². The number of rotatable bonds is 3. The number of likely N-dealkylation sites (tertiary alicyclic amines) is 1. The van der Waals surface area contributed by atoms with Gasteiger partial charge in [0.2, 0.25) is 5.91 Å². The molecule has 0 radical (unpaired) electrons. The number of hydrogen-bond acceptors (Lipinski definition) is 2. The number of carbonyl (C=O) groups excluding carboxylic acids is 1. The second-order valence-electron chi connectivity index (χ2n) is 7.64. The maximum atomic E-state index is 12.6. The molecule has 0 unspecified atom stereocenters. The summed E-state index contributed by atoms with van der Waals surface area (Å²) in [5.41, 5.74) is -0.516. The normalized spacial score (nSPS) is 27.1. The number of piperidine rings is 1. The van der Waals surface area contributed by atoms with Crippen molar-refractivity contribution in [2.45, 2.75) is 53.9 Å². The van der Waals surface area contributed by atoms with Gasteiger partial charge in [0.05, 0.1) is 5.41 Å². The molecule has 1 aliphatic carbocycles. The van der Waals surface area contributed by atoms with Crippen LogP contribution in [-0.2, 0) is 9.59 Å². The van der Waals surface area contributed by atoms with Crippen LogP contribution >= 0.6 is 0 Å². The second kappa shape index (κ2) is 4.47. The van der Waals surface area contributed by atoms with E-state index in [-0.39, 0.29) is 22.7 Å². The van der Waals surface area contributed by atoms with Crippen LogP contribution in [0.4, 0.5) is 0 Å². The lowest BCUT2D eigenvalue weighted by molar-refractivity contribution is -0.155. The zero-order valence-electron chi connectivity index (χ0n) is 13.3. The van der Waals surface area contributed by atoms with E-state index in [4.69, 9.17) is 0 Å². The smallest absolute Gasteiger partial charge is 0.309 e. The van der Waals surface area contributed by atoms with Crippen molar-refractivity contribution in [1.82, 2.24) is 4.90 Å². The van der Waals surface area contributed by atoms with Crippen molar-refractivity contribution in [3.05, 3.63) is 0 Å². The van der Waals surface area contributed by atoms with Crippen LogP contribution in [-0.4, -0.2) is 35.0 Å². The first-order chi connectivity index (χ1) is 9.10. The number of carboxylic acid groups (broad SMARTS) is 1. The predicted molar refractivity (Wildman–Crippen MR) is 77.2 cm³/mol. The molecule has 0 aromatic rings. The second-order valence-corrected chi connectivity index (χ2v) is 7.64.